The van der Waals surface area contributed by atoms with Crippen molar-refractivity contribution in [1.29, 1.82) is 0 Å². The molecule has 6 heteroatoms. The fourth-order valence-corrected chi connectivity index (χ4v) is 3.19. The normalized spacial score (nSPS) is 16.7. The van der Waals surface area contributed by atoms with Crippen molar-refractivity contribution < 1.29 is 14.3 Å². The van der Waals surface area contributed by atoms with E-state index in [-0.39, 0.29) is 18.4 Å². The number of piperidine rings is 1. The molecule has 0 bridgehead atoms. The first-order valence-electron chi connectivity index (χ1n) is 9.47. The molecule has 1 aliphatic rings. The molecule has 1 aliphatic heterocycles. The number of hydrogen-bond acceptors (Lipinski definition) is 4. The van der Waals surface area contributed by atoms with E-state index in [1.807, 2.05) is 30.3 Å². The lowest BCUT2D eigenvalue weighted by Crippen LogP contribution is -2.40. The van der Waals surface area contributed by atoms with Crippen LogP contribution >= 0.6 is 0 Å². The molecule has 1 aromatic rings. The standard InChI is InChI=1S/C20H31N3O3/c1-16-9-13-23(14-10-16)12-6-11-21-20(25)22-18(15-19(24)26-2)17-7-4-3-5-8-17/h3-5,7-8,16,18H,6,9-15H2,1-2H3,(H2,21,22,25)/t18-/m0/s1. The van der Waals surface area contributed by atoms with Crippen molar-refractivity contribution >= 4 is 12.0 Å². The summed E-state index contributed by atoms with van der Waals surface area (Å²) in [5, 5.41) is 5.77. The van der Waals surface area contributed by atoms with E-state index in [0.29, 0.717) is 6.54 Å². The minimum absolute atomic E-state index is 0.111. The Morgan fingerprint density at radius 1 is 1.23 bits per heavy atom. The summed E-state index contributed by atoms with van der Waals surface area (Å²) in [5.41, 5.74) is 0.885. The van der Waals surface area contributed by atoms with Gasteiger partial charge in [-0.3, -0.25) is 4.79 Å². The SMILES string of the molecule is COC(=O)C[C@H](NC(=O)NCCCN1CCC(C)CC1)c1ccccc1. The highest BCUT2D eigenvalue weighted by Crippen LogP contribution is 2.17. The molecule has 0 spiro atoms. The average Bonchev–Trinajstić information content (AvgIpc) is 2.66. The number of carbonyl (C=O) groups excluding carboxylic acids is 2. The first-order chi connectivity index (χ1) is 12.6. The molecule has 0 aromatic heterocycles. The fraction of sp³-hybridized carbons (Fsp3) is 0.600. The summed E-state index contributed by atoms with van der Waals surface area (Å²) in [6.07, 6.45) is 3.56. The average molecular weight is 361 g/mol. The smallest absolute Gasteiger partial charge is 0.315 e. The number of benzene rings is 1. The van der Waals surface area contributed by atoms with Crippen LogP contribution in [0, 0.1) is 5.92 Å². The third kappa shape index (κ3) is 7.04. The van der Waals surface area contributed by atoms with Crippen LogP contribution in [0.2, 0.25) is 0 Å². The molecule has 1 heterocycles. The van der Waals surface area contributed by atoms with Crippen LogP contribution in [0.3, 0.4) is 0 Å². The highest BCUT2D eigenvalue weighted by molar-refractivity contribution is 5.76. The van der Waals surface area contributed by atoms with Gasteiger partial charge in [-0.25, -0.2) is 4.79 Å². The molecular weight excluding hydrogens is 330 g/mol. The maximum absolute atomic E-state index is 12.2. The predicted octanol–water partition coefficient (Wildman–Crippen LogP) is 2.71. The first-order valence-corrected chi connectivity index (χ1v) is 9.47. The highest BCUT2D eigenvalue weighted by Gasteiger charge is 2.19. The third-order valence-corrected chi connectivity index (χ3v) is 4.92. The van der Waals surface area contributed by atoms with Crippen LogP contribution in [0.5, 0.6) is 0 Å². The van der Waals surface area contributed by atoms with E-state index in [4.69, 9.17) is 4.74 Å². The van der Waals surface area contributed by atoms with Gasteiger partial charge in [-0.05, 0) is 50.4 Å². The summed E-state index contributed by atoms with van der Waals surface area (Å²) in [5.74, 6) is 0.485. The van der Waals surface area contributed by atoms with Gasteiger partial charge in [-0.2, -0.15) is 0 Å². The molecule has 1 saturated heterocycles. The zero-order valence-corrected chi connectivity index (χ0v) is 15.9. The van der Waals surface area contributed by atoms with Crippen LogP contribution in [0.25, 0.3) is 0 Å². The minimum atomic E-state index is -0.396. The number of likely N-dealkylation sites (tertiary alicyclic amines) is 1. The van der Waals surface area contributed by atoms with Gasteiger partial charge >= 0.3 is 12.0 Å². The van der Waals surface area contributed by atoms with Crippen molar-refractivity contribution in [1.82, 2.24) is 15.5 Å². The van der Waals surface area contributed by atoms with Crippen LogP contribution < -0.4 is 10.6 Å². The van der Waals surface area contributed by atoms with Gasteiger partial charge in [-0.1, -0.05) is 37.3 Å². The molecule has 0 aliphatic carbocycles. The summed E-state index contributed by atoms with van der Waals surface area (Å²) < 4.78 is 4.74. The quantitative estimate of drug-likeness (QED) is 0.552. The maximum Gasteiger partial charge on any atom is 0.315 e. The summed E-state index contributed by atoms with van der Waals surface area (Å²) in [4.78, 5) is 26.3. The van der Waals surface area contributed by atoms with Crippen molar-refractivity contribution in [2.24, 2.45) is 5.92 Å². The van der Waals surface area contributed by atoms with Crippen molar-refractivity contribution in [2.45, 2.75) is 38.6 Å². The van der Waals surface area contributed by atoms with Gasteiger partial charge in [0.15, 0.2) is 0 Å². The fourth-order valence-electron chi connectivity index (χ4n) is 3.19. The van der Waals surface area contributed by atoms with Crippen LogP contribution in [-0.4, -0.2) is 50.2 Å². The minimum Gasteiger partial charge on any atom is -0.469 e. The topological polar surface area (TPSA) is 70.7 Å². The van der Waals surface area contributed by atoms with Gasteiger partial charge in [0, 0.05) is 6.54 Å². The Labute approximate surface area is 156 Å². The second-order valence-electron chi connectivity index (χ2n) is 7.02. The monoisotopic (exact) mass is 361 g/mol. The summed E-state index contributed by atoms with van der Waals surface area (Å²) >= 11 is 0. The molecule has 0 radical (unpaired) electrons. The number of urea groups is 1. The molecule has 0 saturated carbocycles. The van der Waals surface area contributed by atoms with Gasteiger partial charge in [0.25, 0.3) is 0 Å². The van der Waals surface area contributed by atoms with Crippen molar-refractivity contribution in [2.75, 3.05) is 33.3 Å². The molecule has 1 atom stereocenters. The van der Waals surface area contributed by atoms with Crippen LogP contribution in [-0.2, 0) is 9.53 Å². The Hall–Kier alpha value is -2.08. The number of nitrogens with one attached hydrogen (secondary N) is 2. The van der Waals surface area contributed by atoms with E-state index >= 15 is 0 Å². The molecule has 1 fully saturated rings. The van der Waals surface area contributed by atoms with Gasteiger partial charge in [0.05, 0.1) is 19.6 Å². The number of ether oxygens (including phenoxy) is 1. The third-order valence-electron chi connectivity index (χ3n) is 4.92. The zero-order valence-electron chi connectivity index (χ0n) is 15.9. The second kappa shape index (κ2) is 10.8. The summed E-state index contributed by atoms with van der Waals surface area (Å²) in [6, 6.07) is 8.82. The predicted molar refractivity (Wildman–Crippen MR) is 102 cm³/mol. The number of amides is 2. The van der Waals surface area contributed by atoms with Crippen LogP contribution in [0.1, 0.15) is 44.2 Å². The second-order valence-corrected chi connectivity index (χ2v) is 7.02. The molecule has 1 aromatic carbocycles. The summed E-state index contributed by atoms with van der Waals surface area (Å²) in [6.45, 7) is 6.25. The lowest BCUT2D eigenvalue weighted by molar-refractivity contribution is -0.141. The lowest BCUT2D eigenvalue weighted by atomic mass is 9.99. The summed E-state index contributed by atoms with van der Waals surface area (Å²) in [7, 11) is 1.35. The molecule has 2 N–H and O–H groups in total. The molecule has 0 unspecified atom stereocenters. The Morgan fingerprint density at radius 3 is 2.58 bits per heavy atom. The van der Waals surface area contributed by atoms with Gasteiger partial charge in [0.2, 0.25) is 0 Å². The molecule has 2 amide bonds. The van der Waals surface area contributed by atoms with E-state index in [0.717, 1.165) is 37.5 Å². The van der Waals surface area contributed by atoms with E-state index < -0.39 is 6.04 Å². The molecule has 2 rings (SSSR count). The van der Waals surface area contributed by atoms with E-state index in [1.165, 1.54) is 20.0 Å². The Morgan fingerprint density at radius 2 is 1.92 bits per heavy atom. The van der Waals surface area contributed by atoms with Gasteiger partial charge < -0.3 is 20.3 Å². The largest absolute Gasteiger partial charge is 0.469 e. The molecule has 26 heavy (non-hydrogen) atoms. The van der Waals surface area contributed by atoms with E-state index in [2.05, 4.69) is 22.5 Å². The number of esters is 1. The van der Waals surface area contributed by atoms with Crippen molar-refractivity contribution in [3.8, 4) is 0 Å². The Kier molecular flexibility index (Phi) is 8.41. The van der Waals surface area contributed by atoms with Crippen LogP contribution in [0.4, 0.5) is 4.79 Å². The molecular formula is C20H31N3O3. The number of rotatable bonds is 8. The van der Waals surface area contributed by atoms with Gasteiger partial charge in [-0.15, -0.1) is 0 Å². The lowest BCUT2D eigenvalue weighted by Gasteiger charge is -2.30. The Bertz CT molecular complexity index is 557. The Balaban J connectivity index is 1.73. The highest BCUT2D eigenvalue weighted by atomic mass is 16.5. The van der Waals surface area contributed by atoms with Crippen LogP contribution in [0.15, 0.2) is 30.3 Å². The van der Waals surface area contributed by atoms with Crippen molar-refractivity contribution in [3.05, 3.63) is 35.9 Å². The zero-order chi connectivity index (χ0) is 18.8. The van der Waals surface area contributed by atoms with E-state index in [9.17, 15) is 9.59 Å². The number of nitrogens with zero attached hydrogens (tertiary/aromatic N) is 1. The van der Waals surface area contributed by atoms with Gasteiger partial charge in [0.1, 0.15) is 0 Å². The first kappa shape index (κ1) is 20.2. The number of hydrogen-bond donors (Lipinski definition) is 2. The van der Waals surface area contributed by atoms with E-state index in [1.54, 1.807) is 0 Å². The van der Waals surface area contributed by atoms with Crippen molar-refractivity contribution in [3.63, 3.8) is 0 Å². The maximum atomic E-state index is 12.2. The number of carbonyl (C=O) groups is 2. The number of methoxy groups -OCH3 is 1. The molecule has 6 nitrogen and oxygen atoms in total. The molecule has 144 valence electrons.